The molecule has 1 fully saturated rings. The fourth-order valence-electron chi connectivity index (χ4n) is 7.23. The molecule has 2 aliphatic rings. The molecule has 0 atom stereocenters. The quantitative estimate of drug-likeness (QED) is 0.466. The first-order valence-electron chi connectivity index (χ1n) is 11.1. The predicted octanol–water partition coefficient (Wildman–Crippen LogP) is 7.25. The van der Waals surface area contributed by atoms with Crippen molar-refractivity contribution in [3.8, 4) is 22.6 Å². The summed E-state index contributed by atoms with van der Waals surface area (Å²) in [6.45, 7) is 9.67. The van der Waals surface area contributed by atoms with Crippen LogP contribution in [0.2, 0.25) is 0 Å². The van der Waals surface area contributed by atoms with Gasteiger partial charge in [0.05, 0.1) is 7.11 Å². The first kappa shape index (κ1) is 19.5. The van der Waals surface area contributed by atoms with E-state index < -0.39 is 0 Å². The predicted molar refractivity (Wildman–Crippen MR) is 124 cm³/mol. The number of methoxy groups -OCH3 is 1. The van der Waals surface area contributed by atoms with E-state index in [9.17, 15) is 5.11 Å². The Morgan fingerprint density at radius 2 is 1.53 bits per heavy atom. The molecule has 2 nitrogen and oxygen atoms in total. The first-order valence-corrected chi connectivity index (χ1v) is 11.1. The molecule has 3 aromatic carbocycles. The number of rotatable bonds is 1. The molecular formula is C28H32O2. The van der Waals surface area contributed by atoms with Crippen molar-refractivity contribution in [2.24, 2.45) is 10.8 Å². The summed E-state index contributed by atoms with van der Waals surface area (Å²) in [6.07, 6.45) is 4.57. The van der Waals surface area contributed by atoms with Gasteiger partial charge in [-0.05, 0) is 88.4 Å². The van der Waals surface area contributed by atoms with Crippen molar-refractivity contribution in [1.29, 1.82) is 0 Å². The third kappa shape index (κ3) is 2.92. The van der Waals surface area contributed by atoms with Gasteiger partial charge in [-0.2, -0.15) is 0 Å². The molecule has 1 spiro atoms. The van der Waals surface area contributed by atoms with Gasteiger partial charge in [0.15, 0.2) is 0 Å². The second kappa shape index (κ2) is 6.26. The van der Waals surface area contributed by atoms with Crippen molar-refractivity contribution in [2.75, 3.05) is 7.11 Å². The molecule has 0 bridgehead atoms. The summed E-state index contributed by atoms with van der Waals surface area (Å²) in [4.78, 5) is 0. The Morgan fingerprint density at radius 3 is 2.23 bits per heavy atom. The van der Waals surface area contributed by atoms with Crippen molar-refractivity contribution in [3.05, 3.63) is 59.7 Å². The van der Waals surface area contributed by atoms with E-state index in [0.29, 0.717) is 5.75 Å². The van der Waals surface area contributed by atoms with Gasteiger partial charge in [-0.1, -0.05) is 52.0 Å². The second-order valence-electron chi connectivity index (χ2n) is 11.2. The molecule has 1 saturated carbocycles. The second-order valence-corrected chi connectivity index (χ2v) is 11.2. The molecule has 0 aliphatic heterocycles. The zero-order valence-corrected chi connectivity index (χ0v) is 18.8. The van der Waals surface area contributed by atoms with Gasteiger partial charge < -0.3 is 9.84 Å². The van der Waals surface area contributed by atoms with E-state index in [4.69, 9.17) is 4.74 Å². The van der Waals surface area contributed by atoms with E-state index in [1.807, 2.05) is 12.1 Å². The van der Waals surface area contributed by atoms with Gasteiger partial charge in [0.2, 0.25) is 0 Å². The summed E-state index contributed by atoms with van der Waals surface area (Å²) in [5.74, 6) is 1.14. The summed E-state index contributed by atoms with van der Waals surface area (Å²) in [5, 5.41) is 13.1. The Labute approximate surface area is 179 Å². The summed E-state index contributed by atoms with van der Waals surface area (Å²) >= 11 is 0. The number of benzene rings is 3. The van der Waals surface area contributed by atoms with E-state index in [0.717, 1.165) is 35.8 Å². The third-order valence-electron chi connectivity index (χ3n) is 7.30. The SMILES string of the molecule is COc1ccc2c3c(cc(O)c2c1)C1(Cc2ccccc2-3)CC(C)(C)CC(C)(C)C1. The molecule has 3 aromatic rings. The lowest BCUT2D eigenvalue weighted by Gasteiger charge is -2.54. The Morgan fingerprint density at radius 1 is 0.833 bits per heavy atom. The number of aromatic hydroxyl groups is 1. The molecule has 0 unspecified atom stereocenters. The topological polar surface area (TPSA) is 29.5 Å². The lowest BCUT2D eigenvalue weighted by atomic mass is 9.50. The fraction of sp³-hybridized carbons (Fsp3) is 0.429. The normalized spacial score (nSPS) is 20.6. The maximum atomic E-state index is 11.1. The van der Waals surface area contributed by atoms with Gasteiger partial charge in [0, 0.05) is 10.8 Å². The molecule has 2 aliphatic carbocycles. The highest BCUT2D eigenvalue weighted by Gasteiger charge is 2.51. The van der Waals surface area contributed by atoms with E-state index in [2.05, 4.69) is 64.1 Å². The Bertz CT molecular complexity index is 1140. The number of phenolic OH excluding ortho intramolecular Hbond substituents is 1. The first-order chi connectivity index (χ1) is 14.1. The van der Waals surface area contributed by atoms with Crippen LogP contribution in [0.5, 0.6) is 11.5 Å². The van der Waals surface area contributed by atoms with Crippen molar-refractivity contribution < 1.29 is 9.84 Å². The molecule has 156 valence electrons. The highest BCUT2D eigenvalue weighted by Crippen LogP contribution is 2.61. The standard InChI is InChI=1S/C28H32O2/c1-26(2)15-27(3,4)17-28(16-26)14-18-8-6-7-9-20(18)25-21-11-10-19(30-5)12-22(21)24(29)13-23(25)28/h6-13,29H,14-17H2,1-5H3. The Balaban J connectivity index is 1.86. The largest absolute Gasteiger partial charge is 0.507 e. The van der Waals surface area contributed by atoms with Gasteiger partial charge in [0.1, 0.15) is 11.5 Å². The third-order valence-corrected chi connectivity index (χ3v) is 7.30. The van der Waals surface area contributed by atoms with Crippen molar-refractivity contribution in [1.82, 2.24) is 0 Å². The molecule has 0 saturated heterocycles. The lowest BCUT2D eigenvalue weighted by molar-refractivity contribution is 0.0434. The maximum Gasteiger partial charge on any atom is 0.123 e. The van der Waals surface area contributed by atoms with Crippen LogP contribution in [-0.4, -0.2) is 12.2 Å². The Hall–Kier alpha value is -2.48. The van der Waals surface area contributed by atoms with Gasteiger partial charge in [0.25, 0.3) is 0 Å². The van der Waals surface area contributed by atoms with Gasteiger partial charge >= 0.3 is 0 Å². The number of phenols is 1. The summed E-state index contributed by atoms with van der Waals surface area (Å²) in [7, 11) is 1.67. The van der Waals surface area contributed by atoms with Crippen molar-refractivity contribution in [2.45, 2.75) is 58.8 Å². The van der Waals surface area contributed by atoms with Gasteiger partial charge in [-0.25, -0.2) is 0 Å². The van der Waals surface area contributed by atoms with Crippen molar-refractivity contribution >= 4 is 10.8 Å². The van der Waals surface area contributed by atoms with Gasteiger partial charge in [-0.3, -0.25) is 0 Å². The number of hydrogen-bond donors (Lipinski definition) is 1. The molecule has 0 amide bonds. The van der Waals surface area contributed by atoms with Crippen LogP contribution in [0.15, 0.2) is 48.5 Å². The molecule has 2 heteroatoms. The molecule has 5 rings (SSSR count). The van der Waals surface area contributed by atoms with Crippen LogP contribution < -0.4 is 4.74 Å². The van der Waals surface area contributed by atoms with Gasteiger partial charge in [-0.15, -0.1) is 0 Å². The lowest BCUT2D eigenvalue weighted by Crippen LogP contribution is -2.46. The van der Waals surface area contributed by atoms with E-state index in [1.54, 1.807) is 7.11 Å². The molecule has 0 radical (unpaired) electrons. The summed E-state index contributed by atoms with van der Waals surface area (Å²) < 4.78 is 5.44. The minimum Gasteiger partial charge on any atom is -0.507 e. The fourth-order valence-corrected chi connectivity index (χ4v) is 7.23. The molecule has 0 aromatic heterocycles. The summed E-state index contributed by atoms with van der Waals surface area (Å²) in [6, 6.07) is 17.0. The van der Waals surface area contributed by atoms with Crippen LogP contribution >= 0.6 is 0 Å². The zero-order valence-electron chi connectivity index (χ0n) is 18.8. The van der Waals surface area contributed by atoms with Crippen molar-refractivity contribution in [3.63, 3.8) is 0 Å². The van der Waals surface area contributed by atoms with E-state index in [1.165, 1.54) is 28.7 Å². The van der Waals surface area contributed by atoms with Crippen LogP contribution in [0.4, 0.5) is 0 Å². The smallest absolute Gasteiger partial charge is 0.123 e. The highest BCUT2D eigenvalue weighted by atomic mass is 16.5. The maximum absolute atomic E-state index is 11.1. The van der Waals surface area contributed by atoms with Crippen LogP contribution in [-0.2, 0) is 11.8 Å². The van der Waals surface area contributed by atoms with Crippen LogP contribution in [0, 0.1) is 10.8 Å². The Kier molecular flexibility index (Phi) is 4.07. The van der Waals surface area contributed by atoms with Crippen LogP contribution in [0.25, 0.3) is 21.9 Å². The van der Waals surface area contributed by atoms with Crippen LogP contribution in [0.3, 0.4) is 0 Å². The zero-order chi connectivity index (χ0) is 21.3. The number of fused-ring (bicyclic) bond motifs is 6. The van der Waals surface area contributed by atoms with E-state index >= 15 is 0 Å². The molecule has 30 heavy (non-hydrogen) atoms. The summed E-state index contributed by atoms with van der Waals surface area (Å²) in [5.41, 5.74) is 5.94. The monoisotopic (exact) mass is 400 g/mol. The molecular weight excluding hydrogens is 368 g/mol. The average Bonchev–Trinajstić information content (AvgIpc) is 2.65. The minimum atomic E-state index is 0.0422. The van der Waals surface area contributed by atoms with E-state index in [-0.39, 0.29) is 16.2 Å². The number of hydrogen-bond acceptors (Lipinski definition) is 2. The molecule has 0 heterocycles. The van der Waals surface area contributed by atoms with Crippen LogP contribution in [0.1, 0.15) is 58.1 Å². The number of ether oxygens (including phenoxy) is 1. The molecule has 1 N–H and O–H groups in total. The highest BCUT2D eigenvalue weighted by molar-refractivity contribution is 6.04. The minimum absolute atomic E-state index is 0.0422. The average molecular weight is 401 g/mol.